The first-order valence-electron chi connectivity index (χ1n) is 9.56. The van der Waals surface area contributed by atoms with Gasteiger partial charge in [-0.15, -0.1) is 0 Å². The largest absolute Gasteiger partial charge is 0.433 e. The van der Waals surface area contributed by atoms with Crippen LogP contribution in [-0.2, 0) is 11.0 Å². The predicted molar refractivity (Wildman–Crippen MR) is 107 cm³/mol. The quantitative estimate of drug-likeness (QED) is 0.584. The van der Waals surface area contributed by atoms with Crippen molar-refractivity contribution in [1.82, 2.24) is 4.90 Å². The lowest BCUT2D eigenvalue weighted by Gasteiger charge is -2.31. The molecule has 32 heavy (non-hydrogen) atoms. The van der Waals surface area contributed by atoms with E-state index in [9.17, 15) is 31.5 Å². The Bertz CT molecular complexity index is 974. The highest BCUT2D eigenvalue weighted by molar-refractivity contribution is 6.32. The third-order valence-electron chi connectivity index (χ3n) is 5.03. The van der Waals surface area contributed by atoms with E-state index in [1.54, 1.807) is 0 Å². The molecule has 2 aromatic rings. The summed E-state index contributed by atoms with van der Waals surface area (Å²) >= 11 is 5.87. The van der Waals surface area contributed by atoms with E-state index in [1.165, 1.54) is 23.1 Å². The summed E-state index contributed by atoms with van der Waals surface area (Å²) in [6.45, 7) is -2.50. The molecule has 1 N–H and O–H groups in total. The molecular formula is C21H18ClF5N2O3. The summed E-state index contributed by atoms with van der Waals surface area (Å²) in [5.41, 5.74) is -0.384. The Balaban J connectivity index is 1.54. The van der Waals surface area contributed by atoms with Crippen molar-refractivity contribution in [3.63, 3.8) is 0 Å². The Morgan fingerprint density at radius 3 is 2.22 bits per heavy atom. The maximum atomic E-state index is 12.7. The van der Waals surface area contributed by atoms with E-state index in [0.29, 0.717) is 18.5 Å². The highest BCUT2D eigenvalue weighted by Crippen LogP contribution is 2.31. The molecule has 0 saturated carbocycles. The number of rotatable bonds is 5. The van der Waals surface area contributed by atoms with E-state index < -0.39 is 30.2 Å². The first-order chi connectivity index (χ1) is 15.0. The summed E-state index contributed by atoms with van der Waals surface area (Å²) in [5, 5.41) is 2.57. The summed E-state index contributed by atoms with van der Waals surface area (Å²) < 4.78 is 66.8. The molecule has 2 aromatic carbocycles. The molecule has 1 aliphatic heterocycles. The van der Waals surface area contributed by atoms with E-state index in [1.807, 2.05) is 0 Å². The monoisotopic (exact) mass is 476 g/mol. The van der Waals surface area contributed by atoms with Gasteiger partial charge in [0.05, 0.1) is 10.6 Å². The van der Waals surface area contributed by atoms with Crippen molar-refractivity contribution in [2.75, 3.05) is 18.4 Å². The molecule has 1 heterocycles. The van der Waals surface area contributed by atoms with Crippen LogP contribution in [0.3, 0.4) is 0 Å². The Kier molecular flexibility index (Phi) is 7.22. The zero-order chi connectivity index (χ0) is 23.5. The smallest absolute Gasteiger partial charge is 0.416 e. The Hall–Kier alpha value is -2.88. The van der Waals surface area contributed by atoms with Gasteiger partial charge >= 0.3 is 12.8 Å². The number of alkyl halides is 5. The van der Waals surface area contributed by atoms with Crippen LogP contribution < -0.4 is 10.1 Å². The topological polar surface area (TPSA) is 58.6 Å². The number of benzene rings is 2. The van der Waals surface area contributed by atoms with Crippen LogP contribution in [0.4, 0.5) is 27.6 Å². The fraction of sp³-hybridized carbons (Fsp3) is 0.333. The van der Waals surface area contributed by atoms with Crippen molar-refractivity contribution in [3.8, 4) is 5.75 Å². The van der Waals surface area contributed by atoms with Gasteiger partial charge in [-0.05, 0) is 55.3 Å². The number of carbonyl (C=O) groups is 2. The molecule has 11 heteroatoms. The van der Waals surface area contributed by atoms with Gasteiger partial charge in [0.2, 0.25) is 5.91 Å². The normalized spacial score (nSPS) is 15.0. The summed E-state index contributed by atoms with van der Waals surface area (Å²) in [5.74, 6) is -1.33. The van der Waals surface area contributed by atoms with E-state index in [2.05, 4.69) is 10.1 Å². The van der Waals surface area contributed by atoms with E-state index >= 15 is 0 Å². The summed E-state index contributed by atoms with van der Waals surface area (Å²) in [6.07, 6.45) is -3.76. The maximum Gasteiger partial charge on any atom is 0.416 e. The fourth-order valence-corrected chi connectivity index (χ4v) is 3.57. The van der Waals surface area contributed by atoms with Gasteiger partial charge in [0.15, 0.2) is 0 Å². The molecule has 0 radical (unpaired) electrons. The van der Waals surface area contributed by atoms with Gasteiger partial charge < -0.3 is 15.0 Å². The van der Waals surface area contributed by atoms with Crippen LogP contribution in [0.25, 0.3) is 0 Å². The number of hydrogen-bond acceptors (Lipinski definition) is 3. The van der Waals surface area contributed by atoms with Crippen molar-refractivity contribution in [2.24, 2.45) is 5.92 Å². The number of anilines is 1. The third kappa shape index (κ3) is 5.87. The number of likely N-dealkylation sites (tertiary alicyclic amines) is 1. The predicted octanol–water partition coefficient (Wildman–Crippen LogP) is 5.45. The first-order valence-corrected chi connectivity index (χ1v) is 9.94. The lowest BCUT2D eigenvalue weighted by molar-refractivity contribution is -0.137. The second-order valence-electron chi connectivity index (χ2n) is 7.15. The summed E-state index contributed by atoms with van der Waals surface area (Å²) in [4.78, 5) is 26.5. The maximum absolute atomic E-state index is 12.7. The van der Waals surface area contributed by atoms with Crippen molar-refractivity contribution in [1.29, 1.82) is 0 Å². The zero-order valence-electron chi connectivity index (χ0n) is 16.5. The number of carbonyl (C=O) groups excluding carboxylic acids is 2. The van der Waals surface area contributed by atoms with Crippen molar-refractivity contribution < 1.29 is 36.3 Å². The van der Waals surface area contributed by atoms with Gasteiger partial charge in [0.25, 0.3) is 5.91 Å². The molecule has 0 aromatic heterocycles. The third-order valence-corrected chi connectivity index (χ3v) is 5.32. The van der Waals surface area contributed by atoms with Crippen LogP contribution in [0.2, 0.25) is 5.02 Å². The number of hydrogen-bond donors (Lipinski definition) is 1. The second kappa shape index (κ2) is 9.72. The molecule has 1 saturated heterocycles. The van der Waals surface area contributed by atoms with Crippen LogP contribution >= 0.6 is 11.6 Å². The number of ether oxygens (including phenoxy) is 1. The standard InChI is InChI=1S/C21H18ClF5N2O3/c22-16-11-15(5-6-17(16)32-20(23)24)28-18(30)12-7-9-29(10-8-12)19(31)13-1-3-14(4-2-13)21(25,26)27/h1-6,11-12,20H,7-10H2,(H,28,30). The highest BCUT2D eigenvalue weighted by Gasteiger charge is 2.31. The van der Waals surface area contributed by atoms with Gasteiger partial charge in [0, 0.05) is 30.3 Å². The zero-order valence-corrected chi connectivity index (χ0v) is 17.2. The van der Waals surface area contributed by atoms with Crippen LogP contribution in [0.15, 0.2) is 42.5 Å². The molecule has 0 bridgehead atoms. The Morgan fingerprint density at radius 2 is 1.69 bits per heavy atom. The van der Waals surface area contributed by atoms with Gasteiger partial charge in [0.1, 0.15) is 5.75 Å². The lowest BCUT2D eigenvalue weighted by Crippen LogP contribution is -2.41. The molecule has 2 amide bonds. The minimum atomic E-state index is -4.48. The van der Waals surface area contributed by atoms with Crippen molar-refractivity contribution in [3.05, 3.63) is 58.6 Å². The van der Waals surface area contributed by atoms with E-state index in [0.717, 1.165) is 24.3 Å². The van der Waals surface area contributed by atoms with Gasteiger partial charge in [-0.3, -0.25) is 9.59 Å². The SMILES string of the molecule is O=C(Nc1ccc(OC(F)F)c(Cl)c1)C1CCN(C(=O)c2ccc(C(F)(F)F)cc2)CC1. The number of nitrogens with zero attached hydrogens (tertiary/aromatic N) is 1. The van der Waals surface area contributed by atoms with Gasteiger partial charge in [-0.25, -0.2) is 0 Å². The Morgan fingerprint density at radius 1 is 1.06 bits per heavy atom. The average Bonchev–Trinajstić information content (AvgIpc) is 2.74. The number of piperidine rings is 1. The van der Waals surface area contributed by atoms with Gasteiger partial charge in [-0.1, -0.05) is 11.6 Å². The molecule has 1 fully saturated rings. The van der Waals surface area contributed by atoms with Crippen LogP contribution in [0.5, 0.6) is 5.75 Å². The number of nitrogens with one attached hydrogen (secondary N) is 1. The molecule has 3 rings (SSSR count). The molecule has 1 aliphatic rings. The first kappa shape index (κ1) is 23.8. The number of halogens is 6. The molecule has 172 valence electrons. The van der Waals surface area contributed by atoms with Gasteiger partial charge in [-0.2, -0.15) is 22.0 Å². The lowest BCUT2D eigenvalue weighted by atomic mass is 9.95. The van der Waals surface area contributed by atoms with Crippen LogP contribution in [-0.4, -0.2) is 36.4 Å². The van der Waals surface area contributed by atoms with E-state index in [4.69, 9.17) is 11.6 Å². The summed E-state index contributed by atoms with van der Waals surface area (Å²) in [7, 11) is 0. The van der Waals surface area contributed by atoms with Crippen LogP contribution in [0, 0.1) is 5.92 Å². The fourth-order valence-electron chi connectivity index (χ4n) is 3.34. The average molecular weight is 477 g/mol. The highest BCUT2D eigenvalue weighted by atomic mass is 35.5. The Labute approximate surface area is 185 Å². The minimum absolute atomic E-state index is 0.0833. The van der Waals surface area contributed by atoms with Crippen molar-refractivity contribution in [2.45, 2.75) is 25.6 Å². The molecule has 0 aliphatic carbocycles. The molecule has 5 nitrogen and oxygen atoms in total. The molecular weight excluding hydrogens is 459 g/mol. The van der Waals surface area contributed by atoms with Crippen LogP contribution in [0.1, 0.15) is 28.8 Å². The molecule has 0 atom stereocenters. The van der Waals surface area contributed by atoms with Crippen molar-refractivity contribution >= 4 is 29.1 Å². The van der Waals surface area contributed by atoms with E-state index in [-0.39, 0.29) is 35.3 Å². The number of amides is 2. The molecule has 0 unspecified atom stereocenters. The summed E-state index contributed by atoms with van der Waals surface area (Å²) in [6, 6.07) is 7.87. The molecule has 0 spiro atoms. The minimum Gasteiger partial charge on any atom is -0.433 e. The second-order valence-corrected chi connectivity index (χ2v) is 7.56.